The van der Waals surface area contributed by atoms with Gasteiger partial charge in [0.25, 0.3) is 5.91 Å². The molecule has 2 nitrogen and oxygen atoms in total. The molecule has 1 fully saturated rings. The van der Waals surface area contributed by atoms with Crippen molar-refractivity contribution in [3.05, 3.63) is 35.4 Å². The zero-order chi connectivity index (χ0) is 13.8. The molecule has 1 aliphatic heterocycles. The first-order valence-electron chi connectivity index (χ1n) is 6.46. The van der Waals surface area contributed by atoms with Gasteiger partial charge in [-0.25, -0.2) is 8.78 Å². The van der Waals surface area contributed by atoms with Crippen LogP contribution in [0.25, 0.3) is 0 Å². The lowest BCUT2D eigenvalue weighted by Crippen LogP contribution is -2.41. The summed E-state index contributed by atoms with van der Waals surface area (Å²) in [7, 11) is 0. The van der Waals surface area contributed by atoms with Crippen LogP contribution < -0.4 is 0 Å². The van der Waals surface area contributed by atoms with Crippen molar-refractivity contribution in [1.82, 2.24) is 4.90 Å². The molecule has 1 amide bonds. The van der Waals surface area contributed by atoms with E-state index in [1.807, 2.05) is 0 Å². The monoisotopic (exact) mass is 287 g/mol. The molecule has 1 aromatic rings. The molecule has 0 N–H and O–H groups in total. The zero-order valence-corrected chi connectivity index (χ0v) is 11.3. The molecule has 0 aliphatic carbocycles. The molecule has 1 saturated heterocycles. The highest BCUT2D eigenvalue weighted by molar-refractivity contribution is 6.18. The fourth-order valence-electron chi connectivity index (χ4n) is 2.45. The Kier molecular flexibility index (Phi) is 4.75. The molecule has 1 heterocycles. The molecule has 1 aliphatic rings. The molecule has 1 unspecified atom stereocenters. The molecule has 1 aromatic carbocycles. The van der Waals surface area contributed by atoms with Crippen molar-refractivity contribution in [2.24, 2.45) is 0 Å². The van der Waals surface area contributed by atoms with Gasteiger partial charge >= 0.3 is 0 Å². The molecule has 19 heavy (non-hydrogen) atoms. The van der Waals surface area contributed by atoms with Gasteiger partial charge in [-0.1, -0.05) is 18.9 Å². The first-order valence-corrected chi connectivity index (χ1v) is 6.99. The van der Waals surface area contributed by atoms with E-state index in [0.717, 1.165) is 37.8 Å². The quantitative estimate of drug-likeness (QED) is 0.761. The fourth-order valence-corrected chi connectivity index (χ4v) is 2.77. The van der Waals surface area contributed by atoms with Crippen LogP contribution in [0.2, 0.25) is 0 Å². The smallest absolute Gasteiger partial charge is 0.260 e. The van der Waals surface area contributed by atoms with Crippen LogP contribution in [0.4, 0.5) is 8.78 Å². The minimum absolute atomic E-state index is 0.143. The largest absolute Gasteiger partial charge is 0.334 e. The van der Waals surface area contributed by atoms with E-state index >= 15 is 0 Å². The van der Waals surface area contributed by atoms with E-state index in [9.17, 15) is 13.6 Å². The Hall–Kier alpha value is -1.16. The van der Waals surface area contributed by atoms with Gasteiger partial charge in [0.2, 0.25) is 0 Å². The highest BCUT2D eigenvalue weighted by Crippen LogP contribution is 2.22. The minimum Gasteiger partial charge on any atom is -0.334 e. The molecule has 2 rings (SSSR count). The molecule has 1 atom stereocenters. The number of carbonyl (C=O) groups is 1. The first kappa shape index (κ1) is 14.3. The minimum atomic E-state index is -0.817. The van der Waals surface area contributed by atoms with Gasteiger partial charge in [0.1, 0.15) is 17.2 Å². The molecule has 5 heteroatoms. The number of halogens is 3. The van der Waals surface area contributed by atoms with E-state index in [4.69, 9.17) is 11.6 Å². The lowest BCUT2D eigenvalue weighted by Gasteiger charge is -2.28. The van der Waals surface area contributed by atoms with E-state index in [2.05, 4.69) is 0 Å². The van der Waals surface area contributed by atoms with Crippen LogP contribution in [-0.2, 0) is 0 Å². The summed E-state index contributed by atoms with van der Waals surface area (Å²) >= 11 is 5.88. The summed E-state index contributed by atoms with van der Waals surface area (Å²) in [4.78, 5) is 13.9. The second kappa shape index (κ2) is 6.33. The number of hydrogen-bond donors (Lipinski definition) is 0. The predicted molar refractivity (Wildman–Crippen MR) is 70.4 cm³/mol. The Labute approximate surface area is 116 Å². The maximum atomic E-state index is 13.7. The molecule has 0 saturated carbocycles. The number of rotatable bonds is 2. The average molecular weight is 288 g/mol. The average Bonchev–Trinajstić information content (AvgIpc) is 2.63. The zero-order valence-electron chi connectivity index (χ0n) is 10.5. The van der Waals surface area contributed by atoms with Gasteiger partial charge in [-0.2, -0.15) is 0 Å². The Bertz CT molecular complexity index is 447. The fraction of sp³-hybridized carbons (Fsp3) is 0.500. The highest BCUT2D eigenvalue weighted by atomic mass is 35.5. The van der Waals surface area contributed by atoms with Crippen molar-refractivity contribution in [2.75, 3.05) is 12.4 Å². The summed E-state index contributed by atoms with van der Waals surface area (Å²) in [5.41, 5.74) is -0.473. The number of benzene rings is 1. The van der Waals surface area contributed by atoms with E-state index in [0.29, 0.717) is 12.4 Å². The van der Waals surface area contributed by atoms with E-state index in [1.54, 1.807) is 0 Å². The van der Waals surface area contributed by atoms with Crippen molar-refractivity contribution in [3.63, 3.8) is 0 Å². The molecule has 0 bridgehead atoms. The number of amides is 1. The van der Waals surface area contributed by atoms with Crippen molar-refractivity contribution in [2.45, 2.75) is 31.7 Å². The number of nitrogens with zero attached hydrogens (tertiary/aromatic N) is 1. The maximum Gasteiger partial charge on any atom is 0.260 e. The molecular formula is C14H16ClF2NO. The summed E-state index contributed by atoms with van der Waals surface area (Å²) in [6.45, 7) is 0.504. The van der Waals surface area contributed by atoms with E-state index in [1.165, 1.54) is 11.0 Å². The predicted octanol–water partition coefficient (Wildman–Crippen LogP) is 3.59. The molecule has 0 radical (unpaired) electrons. The summed E-state index contributed by atoms with van der Waals surface area (Å²) in [6, 6.07) is 3.31. The standard InChI is InChI=1S/C14H16ClF2NO/c15-9-10-5-2-1-3-8-18(10)14(19)13-11(16)6-4-7-12(13)17/h4,6-7,10H,1-3,5,8-9H2. The molecule has 0 spiro atoms. The normalized spacial score (nSPS) is 20.2. The third kappa shape index (κ3) is 3.06. The SMILES string of the molecule is O=C(c1c(F)cccc1F)N1CCCCCC1CCl. The summed E-state index contributed by atoms with van der Waals surface area (Å²) in [6.07, 6.45) is 3.62. The van der Waals surface area contributed by atoms with E-state index < -0.39 is 23.1 Å². The Balaban J connectivity index is 2.30. The lowest BCUT2D eigenvalue weighted by atomic mass is 10.1. The number of carbonyl (C=O) groups excluding carboxylic acids is 1. The van der Waals surface area contributed by atoms with Gasteiger partial charge in [-0.3, -0.25) is 4.79 Å². The third-order valence-corrected chi connectivity index (χ3v) is 3.85. The first-order chi connectivity index (χ1) is 9.15. The number of alkyl halides is 1. The van der Waals surface area contributed by atoms with Crippen LogP contribution in [0.1, 0.15) is 36.0 Å². The van der Waals surface area contributed by atoms with Gasteiger partial charge < -0.3 is 4.90 Å². The summed E-state index contributed by atoms with van der Waals surface area (Å²) in [5, 5.41) is 0. The lowest BCUT2D eigenvalue weighted by molar-refractivity contribution is 0.0690. The van der Waals surface area contributed by atoms with E-state index in [-0.39, 0.29) is 6.04 Å². The second-order valence-electron chi connectivity index (χ2n) is 4.75. The van der Waals surface area contributed by atoms with Crippen molar-refractivity contribution in [1.29, 1.82) is 0 Å². The maximum absolute atomic E-state index is 13.7. The third-order valence-electron chi connectivity index (χ3n) is 3.49. The van der Waals surface area contributed by atoms with Gasteiger partial charge in [0.05, 0.1) is 0 Å². The van der Waals surface area contributed by atoms with Crippen molar-refractivity contribution < 1.29 is 13.6 Å². The number of hydrogen-bond acceptors (Lipinski definition) is 1. The topological polar surface area (TPSA) is 20.3 Å². The molecule has 104 valence electrons. The van der Waals surface area contributed by atoms with Crippen molar-refractivity contribution in [3.8, 4) is 0 Å². The molecule has 0 aromatic heterocycles. The molecular weight excluding hydrogens is 272 g/mol. The Morgan fingerprint density at radius 2 is 1.95 bits per heavy atom. The van der Waals surface area contributed by atoms with Crippen LogP contribution in [0.3, 0.4) is 0 Å². The van der Waals surface area contributed by atoms with Gasteiger partial charge in [0.15, 0.2) is 0 Å². The van der Waals surface area contributed by atoms with Crippen LogP contribution in [0, 0.1) is 11.6 Å². The van der Waals surface area contributed by atoms with Gasteiger partial charge in [0, 0.05) is 18.5 Å². The van der Waals surface area contributed by atoms with Gasteiger partial charge in [-0.05, 0) is 25.0 Å². The second-order valence-corrected chi connectivity index (χ2v) is 5.06. The Morgan fingerprint density at radius 1 is 1.26 bits per heavy atom. The number of likely N-dealkylation sites (tertiary alicyclic amines) is 1. The highest BCUT2D eigenvalue weighted by Gasteiger charge is 2.29. The Morgan fingerprint density at radius 3 is 2.58 bits per heavy atom. The van der Waals surface area contributed by atoms with Gasteiger partial charge in [-0.15, -0.1) is 11.6 Å². The summed E-state index contributed by atoms with van der Waals surface area (Å²) in [5.74, 6) is -1.93. The van der Waals surface area contributed by atoms with Crippen LogP contribution in [0.5, 0.6) is 0 Å². The summed E-state index contributed by atoms with van der Waals surface area (Å²) < 4.78 is 27.3. The van der Waals surface area contributed by atoms with Crippen molar-refractivity contribution >= 4 is 17.5 Å². The van der Waals surface area contributed by atoms with Crippen LogP contribution >= 0.6 is 11.6 Å². The van der Waals surface area contributed by atoms with Crippen LogP contribution in [-0.4, -0.2) is 29.3 Å². The van der Waals surface area contributed by atoms with Crippen LogP contribution in [0.15, 0.2) is 18.2 Å².